The number of hydrogen-bond donors (Lipinski definition) is 2. The van der Waals surface area contributed by atoms with Crippen molar-refractivity contribution in [1.82, 2.24) is 0 Å². The summed E-state index contributed by atoms with van der Waals surface area (Å²) in [6.07, 6.45) is 4.10. The van der Waals surface area contributed by atoms with Crippen LogP contribution in [0.3, 0.4) is 0 Å². The number of nitrogens with two attached hydrogens (primary N) is 1. The summed E-state index contributed by atoms with van der Waals surface area (Å²) in [5, 5.41) is 5.75. The fourth-order valence-electron chi connectivity index (χ4n) is 4.45. The van der Waals surface area contributed by atoms with Gasteiger partial charge in [-0.05, 0) is 65.6 Å². The number of para-hydroxylation sites is 1. The monoisotopic (exact) mass is 438 g/mol. The molecule has 1 fully saturated rings. The molecule has 3 aromatic carbocycles. The second-order valence-electron chi connectivity index (χ2n) is 8.47. The highest BCUT2D eigenvalue weighted by Gasteiger charge is 2.13. The molecule has 0 aliphatic carbocycles. The number of anilines is 3. The van der Waals surface area contributed by atoms with Gasteiger partial charge < -0.3 is 20.7 Å². The summed E-state index contributed by atoms with van der Waals surface area (Å²) in [5.41, 5.74) is 12.6. The topological polar surface area (TPSA) is 62.9 Å². The molecule has 2 aliphatic heterocycles. The zero-order valence-electron chi connectivity index (χ0n) is 19.1. The third kappa shape index (κ3) is 4.64. The number of nitrogens with zero attached hydrogens (tertiary/aromatic N) is 2. The number of allylic oxidation sites excluding steroid dienone is 1. The number of morpholine rings is 1. The van der Waals surface area contributed by atoms with Crippen LogP contribution in [0.5, 0.6) is 0 Å². The molecule has 2 heterocycles. The molecule has 5 nitrogen and oxygen atoms in total. The van der Waals surface area contributed by atoms with Gasteiger partial charge >= 0.3 is 0 Å². The largest absolute Gasteiger partial charge is 0.399 e. The van der Waals surface area contributed by atoms with Gasteiger partial charge in [-0.2, -0.15) is 0 Å². The van der Waals surface area contributed by atoms with Crippen molar-refractivity contribution in [3.8, 4) is 11.1 Å². The van der Waals surface area contributed by atoms with Gasteiger partial charge in [0.2, 0.25) is 0 Å². The molecular formula is C28H30N4O. The molecule has 5 heteroatoms. The first-order valence-corrected chi connectivity index (χ1v) is 11.7. The number of hydrogen-bond acceptors (Lipinski definition) is 5. The average Bonchev–Trinajstić information content (AvgIpc) is 3.04. The zero-order valence-corrected chi connectivity index (χ0v) is 19.1. The van der Waals surface area contributed by atoms with Crippen molar-refractivity contribution in [2.24, 2.45) is 4.99 Å². The number of fused-ring (bicyclic) bond motifs is 1. The summed E-state index contributed by atoms with van der Waals surface area (Å²) in [4.78, 5) is 7.54. The van der Waals surface area contributed by atoms with E-state index in [4.69, 9.17) is 15.5 Å². The molecule has 5 rings (SSSR count). The van der Waals surface area contributed by atoms with Crippen molar-refractivity contribution in [1.29, 1.82) is 0 Å². The first kappa shape index (κ1) is 21.3. The third-order valence-electron chi connectivity index (χ3n) is 6.32. The van der Waals surface area contributed by atoms with Gasteiger partial charge in [-0.15, -0.1) is 0 Å². The van der Waals surface area contributed by atoms with Crippen molar-refractivity contribution in [3.63, 3.8) is 0 Å². The first-order chi connectivity index (χ1) is 16.2. The van der Waals surface area contributed by atoms with E-state index >= 15 is 0 Å². The third-order valence-corrected chi connectivity index (χ3v) is 6.32. The minimum atomic E-state index is 0.756. The van der Waals surface area contributed by atoms with E-state index in [2.05, 4.69) is 71.7 Å². The van der Waals surface area contributed by atoms with E-state index in [9.17, 15) is 0 Å². The van der Waals surface area contributed by atoms with Gasteiger partial charge in [0.15, 0.2) is 0 Å². The van der Waals surface area contributed by atoms with Crippen molar-refractivity contribution >= 4 is 23.1 Å². The van der Waals surface area contributed by atoms with Crippen LogP contribution in [0.2, 0.25) is 0 Å². The minimum absolute atomic E-state index is 0.756. The standard InChI is InChI=1S/C28H30N4O/c1-2-20-9-10-21-5-4-8-26(22-6-3-7-23(29)19-22)27(21)31-28(20)30-24-11-13-25(14-12-24)32-15-17-33-18-16-32/h3-8,10-14,19,30H,2,9,15-18,29H2,1H3. The summed E-state index contributed by atoms with van der Waals surface area (Å²) < 4.78 is 5.48. The maximum absolute atomic E-state index is 6.07. The van der Waals surface area contributed by atoms with Crippen LogP contribution in [0, 0.1) is 0 Å². The lowest BCUT2D eigenvalue weighted by atomic mass is 10.0. The van der Waals surface area contributed by atoms with Gasteiger partial charge in [-0.3, -0.25) is 0 Å². The molecule has 0 radical (unpaired) electrons. The zero-order chi connectivity index (χ0) is 22.6. The number of benzene rings is 3. The van der Waals surface area contributed by atoms with Crippen LogP contribution < -0.4 is 26.5 Å². The van der Waals surface area contributed by atoms with Crippen molar-refractivity contribution < 1.29 is 4.74 Å². The average molecular weight is 439 g/mol. The molecule has 0 saturated carbocycles. The Bertz CT molecular complexity index is 1290. The van der Waals surface area contributed by atoms with E-state index in [0.717, 1.165) is 78.0 Å². The maximum Gasteiger partial charge on any atom is 0.130 e. The number of nitrogens with one attached hydrogen (secondary N) is 1. The number of rotatable bonds is 5. The first-order valence-electron chi connectivity index (χ1n) is 11.7. The molecule has 0 amide bonds. The van der Waals surface area contributed by atoms with E-state index in [1.807, 2.05) is 18.2 Å². The van der Waals surface area contributed by atoms with Gasteiger partial charge in [0.1, 0.15) is 5.82 Å². The van der Waals surface area contributed by atoms with Crippen LogP contribution in [-0.2, 0) is 4.74 Å². The molecule has 0 spiro atoms. The lowest BCUT2D eigenvalue weighted by Gasteiger charge is -2.29. The number of nitrogen functional groups attached to an aromatic ring is 1. The molecule has 0 bridgehead atoms. The molecule has 0 aromatic heterocycles. The summed E-state index contributed by atoms with van der Waals surface area (Å²) in [6.45, 7) is 5.64. The number of ether oxygens (including phenoxy) is 1. The van der Waals surface area contributed by atoms with Gasteiger partial charge in [0, 0.05) is 35.7 Å². The molecule has 3 aromatic rings. The SMILES string of the molecule is CCC1=C(Nc2ccc(N3CCOCC3)cc2)N=c2c(-c3cccc(N)c3)cccc2=CC1. The Labute approximate surface area is 194 Å². The normalized spacial score (nSPS) is 15.8. The second-order valence-corrected chi connectivity index (χ2v) is 8.47. The van der Waals surface area contributed by atoms with Gasteiger partial charge in [0.25, 0.3) is 0 Å². The van der Waals surface area contributed by atoms with Crippen LogP contribution in [0.25, 0.3) is 17.2 Å². The Morgan fingerprint density at radius 1 is 1.00 bits per heavy atom. The van der Waals surface area contributed by atoms with Crippen molar-refractivity contribution in [3.05, 3.63) is 88.7 Å². The molecular weight excluding hydrogens is 408 g/mol. The Kier molecular flexibility index (Phi) is 6.13. The molecule has 0 atom stereocenters. The van der Waals surface area contributed by atoms with Gasteiger partial charge in [0.05, 0.1) is 18.6 Å². The Balaban J connectivity index is 1.51. The Morgan fingerprint density at radius 2 is 1.79 bits per heavy atom. The van der Waals surface area contributed by atoms with Crippen LogP contribution in [-0.4, -0.2) is 26.3 Å². The van der Waals surface area contributed by atoms with Crippen molar-refractivity contribution in [2.45, 2.75) is 19.8 Å². The second kappa shape index (κ2) is 9.51. The Hall–Kier alpha value is -3.57. The molecule has 33 heavy (non-hydrogen) atoms. The summed E-state index contributed by atoms with van der Waals surface area (Å²) >= 11 is 0. The fraction of sp³-hybridized carbons (Fsp3) is 0.250. The molecule has 3 N–H and O–H groups in total. The summed E-state index contributed by atoms with van der Waals surface area (Å²) in [7, 11) is 0. The summed E-state index contributed by atoms with van der Waals surface area (Å²) in [6, 6.07) is 23.0. The van der Waals surface area contributed by atoms with E-state index in [1.54, 1.807) is 0 Å². The van der Waals surface area contributed by atoms with Crippen LogP contribution in [0.4, 0.5) is 17.1 Å². The van der Waals surface area contributed by atoms with Crippen LogP contribution in [0.15, 0.2) is 83.1 Å². The highest BCUT2D eigenvalue weighted by molar-refractivity contribution is 5.68. The van der Waals surface area contributed by atoms with E-state index < -0.39 is 0 Å². The van der Waals surface area contributed by atoms with E-state index in [0.29, 0.717) is 0 Å². The van der Waals surface area contributed by atoms with E-state index in [-0.39, 0.29) is 0 Å². The lowest BCUT2D eigenvalue weighted by molar-refractivity contribution is 0.122. The van der Waals surface area contributed by atoms with Crippen molar-refractivity contribution in [2.75, 3.05) is 42.3 Å². The fourth-order valence-corrected chi connectivity index (χ4v) is 4.45. The molecule has 168 valence electrons. The van der Waals surface area contributed by atoms with Crippen LogP contribution in [0.1, 0.15) is 19.8 Å². The molecule has 1 saturated heterocycles. The molecule has 2 aliphatic rings. The lowest BCUT2D eigenvalue weighted by Crippen LogP contribution is -2.36. The molecule has 0 unspecified atom stereocenters. The van der Waals surface area contributed by atoms with E-state index in [1.165, 1.54) is 11.3 Å². The quantitative estimate of drug-likeness (QED) is 0.583. The van der Waals surface area contributed by atoms with Crippen LogP contribution >= 0.6 is 0 Å². The Morgan fingerprint density at radius 3 is 2.55 bits per heavy atom. The smallest absolute Gasteiger partial charge is 0.130 e. The van der Waals surface area contributed by atoms with Gasteiger partial charge in [-0.1, -0.05) is 43.3 Å². The summed E-state index contributed by atoms with van der Waals surface area (Å²) in [5.74, 6) is 0.933. The highest BCUT2D eigenvalue weighted by atomic mass is 16.5. The highest BCUT2D eigenvalue weighted by Crippen LogP contribution is 2.24. The van der Waals surface area contributed by atoms with Gasteiger partial charge in [-0.25, -0.2) is 4.99 Å². The predicted molar refractivity (Wildman–Crippen MR) is 137 cm³/mol. The maximum atomic E-state index is 6.07. The minimum Gasteiger partial charge on any atom is -0.399 e. The predicted octanol–water partition coefficient (Wildman–Crippen LogP) is 4.31.